The fraction of sp³-hybridized carbons (Fsp3) is 0.703. The highest BCUT2D eigenvalue weighted by Gasteiger charge is 2.72. The van der Waals surface area contributed by atoms with E-state index in [-0.39, 0.29) is 22.5 Å². The summed E-state index contributed by atoms with van der Waals surface area (Å²) in [6, 6.07) is 5.41. The van der Waals surface area contributed by atoms with E-state index in [1.807, 2.05) is 12.1 Å². The van der Waals surface area contributed by atoms with Crippen molar-refractivity contribution in [2.75, 3.05) is 11.5 Å². The maximum Gasteiger partial charge on any atom is 0.167 e. The van der Waals surface area contributed by atoms with Crippen LogP contribution in [0.3, 0.4) is 0 Å². The van der Waals surface area contributed by atoms with Gasteiger partial charge in [-0.25, -0.2) is 0 Å². The number of fused-ring (bicyclic) bond motifs is 7. The lowest BCUT2D eigenvalue weighted by Gasteiger charge is -2.59. The molecule has 0 amide bonds. The summed E-state index contributed by atoms with van der Waals surface area (Å²) in [6.07, 6.45) is 18.3. The maximum atomic E-state index is 13.8. The van der Waals surface area contributed by atoms with E-state index in [4.69, 9.17) is 11.5 Å². The van der Waals surface area contributed by atoms with Gasteiger partial charge in [0.25, 0.3) is 0 Å². The number of allylic oxidation sites excluding steroid dienone is 4. The largest absolute Gasteiger partial charge is 0.399 e. The predicted octanol–water partition coefficient (Wildman–Crippen LogP) is 9.25. The van der Waals surface area contributed by atoms with Crippen molar-refractivity contribution >= 4 is 17.2 Å². The molecule has 4 saturated carbocycles. The van der Waals surface area contributed by atoms with Gasteiger partial charge in [0.2, 0.25) is 0 Å². The number of nitrogen functional groups attached to an aromatic ring is 2. The standard InChI is InChI=1S/C37H54N2O/c1-7-23(10-8-9-22(2)3)28-12-13-29-27-11-14-32-36(5,30(27)15-17-35(28,29)4)18-16-31-33(37(31,32)6)34(40)24-19-25(38)21-26(39)20-24/h9,14,19-21,23,27-31,33H,7-8,10-13,15-18,38-39H2,1-6H3. The van der Waals surface area contributed by atoms with Gasteiger partial charge in [-0.15, -0.1) is 0 Å². The molecular weight excluding hydrogens is 488 g/mol. The minimum atomic E-state index is 0.00557. The Morgan fingerprint density at radius 3 is 2.35 bits per heavy atom. The molecule has 5 aliphatic rings. The highest BCUT2D eigenvalue weighted by atomic mass is 16.1. The summed E-state index contributed by atoms with van der Waals surface area (Å²) in [6.45, 7) is 14.6. The summed E-state index contributed by atoms with van der Waals surface area (Å²) >= 11 is 0. The van der Waals surface area contributed by atoms with Crippen molar-refractivity contribution in [2.45, 2.75) is 106 Å². The van der Waals surface area contributed by atoms with Gasteiger partial charge in [-0.3, -0.25) is 4.79 Å². The topological polar surface area (TPSA) is 69.1 Å². The number of benzene rings is 1. The Kier molecular flexibility index (Phi) is 6.87. The molecule has 1 aromatic rings. The number of rotatable bonds is 7. The fourth-order valence-electron chi connectivity index (χ4n) is 11.7. The van der Waals surface area contributed by atoms with E-state index >= 15 is 0 Å². The first-order chi connectivity index (χ1) is 18.9. The zero-order valence-corrected chi connectivity index (χ0v) is 26.1. The molecule has 40 heavy (non-hydrogen) atoms. The first-order valence-electron chi connectivity index (χ1n) is 16.5. The van der Waals surface area contributed by atoms with Gasteiger partial charge < -0.3 is 11.5 Å². The van der Waals surface area contributed by atoms with Crippen LogP contribution in [0.25, 0.3) is 0 Å². The van der Waals surface area contributed by atoms with E-state index < -0.39 is 0 Å². The van der Waals surface area contributed by atoms with Crippen molar-refractivity contribution in [1.82, 2.24) is 0 Å². The van der Waals surface area contributed by atoms with Crippen molar-refractivity contribution in [2.24, 2.45) is 57.7 Å². The lowest BCUT2D eigenvalue weighted by atomic mass is 9.46. The zero-order valence-electron chi connectivity index (χ0n) is 26.1. The van der Waals surface area contributed by atoms with Gasteiger partial charge in [0.15, 0.2) is 5.78 Å². The molecule has 3 nitrogen and oxygen atoms in total. The molecule has 218 valence electrons. The molecule has 10 atom stereocenters. The SMILES string of the molecule is CCC(CCC=C(C)C)C1CCC2C3CC=C4C(C)(CCC5C(C(=O)c6cc(N)cc(N)c6)C45C)C3CCC12C. The van der Waals surface area contributed by atoms with Crippen LogP contribution < -0.4 is 11.5 Å². The van der Waals surface area contributed by atoms with Crippen LogP contribution in [0.2, 0.25) is 0 Å². The van der Waals surface area contributed by atoms with Crippen LogP contribution in [0, 0.1) is 57.7 Å². The third-order valence-electron chi connectivity index (χ3n) is 13.5. The van der Waals surface area contributed by atoms with Crippen molar-refractivity contribution in [1.29, 1.82) is 0 Å². The van der Waals surface area contributed by atoms with Gasteiger partial charge in [-0.05, 0) is 136 Å². The molecule has 1 aromatic carbocycles. The molecule has 0 radical (unpaired) electrons. The van der Waals surface area contributed by atoms with Gasteiger partial charge >= 0.3 is 0 Å². The van der Waals surface area contributed by atoms with Gasteiger partial charge in [0, 0.05) is 28.3 Å². The zero-order chi connectivity index (χ0) is 28.6. The summed E-state index contributed by atoms with van der Waals surface area (Å²) in [5.41, 5.74) is 17.9. The van der Waals surface area contributed by atoms with E-state index in [0.29, 0.717) is 28.3 Å². The van der Waals surface area contributed by atoms with Crippen molar-refractivity contribution in [3.05, 3.63) is 47.1 Å². The monoisotopic (exact) mass is 542 g/mol. The molecule has 4 fully saturated rings. The molecule has 0 aromatic heterocycles. The Bertz CT molecular complexity index is 1220. The first-order valence-corrected chi connectivity index (χ1v) is 16.5. The number of nitrogens with two attached hydrogens (primary N) is 2. The fourth-order valence-corrected chi connectivity index (χ4v) is 11.7. The van der Waals surface area contributed by atoms with Gasteiger partial charge in [-0.2, -0.15) is 0 Å². The molecule has 4 N–H and O–H groups in total. The van der Waals surface area contributed by atoms with Crippen LogP contribution in [-0.2, 0) is 0 Å². The smallest absolute Gasteiger partial charge is 0.167 e. The van der Waals surface area contributed by atoms with Gasteiger partial charge in [-0.1, -0.05) is 57.4 Å². The van der Waals surface area contributed by atoms with Gasteiger partial charge in [0.1, 0.15) is 0 Å². The second kappa shape index (κ2) is 9.77. The van der Waals surface area contributed by atoms with Gasteiger partial charge in [0.05, 0.1) is 0 Å². The Balaban J connectivity index is 1.24. The molecule has 0 aliphatic heterocycles. The third-order valence-corrected chi connectivity index (χ3v) is 13.5. The summed E-state index contributed by atoms with van der Waals surface area (Å²) in [7, 11) is 0. The lowest BCUT2D eigenvalue weighted by molar-refractivity contribution is -0.0551. The summed E-state index contributed by atoms with van der Waals surface area (Å²) in [5.74, 6) is 5.00. The molecule has 3 heteroatoms. The van der Waals surface area contributed by atoms with Crippen LogP contribution in [0.4, 0.5) is 11.4 Å². The van der Waals surface area contributed by atoms with E-state index in [1.165, 1.54) is 69.8 Å². The Hall–Kier alpha value is -2.03. The minimum absolute atomic E-state index is 0.00557. The molecule has 0 bridgehead atoms. The van der Waals surface area contributed by atoms with E-state index in [0.717, 1.165) is 29.6 Å². The number of carbonyl (C=O) groups is 1. The Morgan fingerprint density at radius 2 is 1.68 bits per heavy atom. The summed E-state index contributed by atoms with van der Waals surface area (Å²) in [4.78, 5) is 13.8. The number of hydrogen-bond acceptors (Lipinski definition) is 3. The molecule has 0 spiro atoms. The summed E-state index contributed by atoms with van der Waals surface area (Å²) in [5, 5.41) is 0. The van der Waals surface area contributed by atoms with Crippen LogP contribution in [0.5, 0.6) is 0 Å². The van der Waals surface area contributed by atoms with E-state index in [1.54, 1.807) is 11.6 Å². The average molecular weight is 543 g/mol. The number of carbonyl (C=O) groups excluding carboxylic acids is 1. The normalized spacial score (nSPS) is 42.0. The lowest BCUT2D eigenvalue weighted by Crippen LogP contribution is -2.51. The second-order valence-electron chi connectivity index (χ2n) is 15.6. The number of Topliss-reactive ketones (excluding diaryl/α,β-unsaturated/α-hetero) is 1. The molecule has 0 saturated heterocycles. The number of ketones is 1. The Labute approximate surface area is 243 Å². The van der Waals surface area contributed by atoms with Crippen LogP contribution in [0.15, 0.2) is 41.5 Å². The van der Waals surface area contributed by atoms with Crippen LogP contribution >= 0.6 is 0 Å². The van der Waals surface area contributed by atoms with Crippen molar-refractivity contribution in [3.63, 3.8) is 0 Å². The second-order valence-corrected chi connectivity index (χ2v) is 15.6. The highest BCUT2D eigenvalue weighted by Crippen LogP contribution is 2.77. The van der Waals surface area contributed by atoms with E-state index in [2.05, 4.69) is 53.7 Å². The average Bonchev–Trinajstić information content (AvgIpc) is 3.36. The predicted molar refractivity (Wildman–Crippen MR) is 168 cm³/mol. The van der Waals surface area contributed by atoms with Crippen molar-refractivity contribution < 1.29 is 4.79 Å². The molecule has 6 rings (SSSR count). The summed E-state index contributed by atoms with van der Waals surface area (Å²) < 4.78 is 0. The van der Waals surface area contributed by atoms with Crippen LogP contribution in [-0.4, -0.2) is 5.78 Å². The number of hydrogen-bond donors (Lipinski definition) is 2. The third kappa shape index (κ3) is 4.07. The quantitative estimate of drug-likeness (QED) is 0.205. The number of anilines is 2. The molecule has 10 unspecified atom stereocenters. The van der Waals surface area contributed by atoms with Crippen LogP contribution in [0.1, 0.15) is 116 Å². The first kappa shape index (κ1) is 28.1. The molecular formula is C37H54N2O. The maximum absolute atomic E-state index is 13.8. The highest BCUT2D eigenvalue weighted by molar-refractivity contribution is 6.02. The Morgan fingerprint density at radius 1 is 0.975 bits per heavy atom. The van der Waals surface area contributed by atoms with E-state index in [9.17, 15) is 4.79 Å². The molecule has 0 heterocycles. The minimum Gasteiger partial charge on any atom is -0.399 e. The van der Waals surface area contributed by atoms with Crippen molar-refractivity contribution in [3.8, 4) is 0 Å². The molecule has 5 aliphatic carbocycles.